The number of nitrogens with zero attached hydrogens (tertiary/aromatic N) is 4. The summed E-state index contributed by atoms with van der Waals surface area (Å²) in [5.41, 5.74) is 4.82. The van der Waals surface area contributed by atoms with Crippen molar-refractivity contribution in [2.45, 2.75) is 38.8 Å². The van der Waals surface area contributed by atoms with Crippen LogP contribution >= 0.6 is 0 Å². The van der Waals surface area contributed by atoms with Crippen LogP contribution in [0.3, 0.4) is 0 Å². The van der Waals surface area contributed by atoms with Gasteiger partial charge in [0, 0.05) is 41.2 Å². The molecule has 0 saturated carbocycles. The first-order valence-electron chi connectivity index (χ1n) is 13.2. The molecule has 3 heterocycles. The molecule has 0 radical (unpaired) electrons. The Bertz CT molecular complexity index is 1630. The normalized spacial score (nSPS) is 16.1. The zero-order valence-electron chi connectivity index (χ0n) is 21.6. The Kier molecular flexibility index (Phi) is 6.93. The molecule has 5 aromatic rings. The van der Waals surface area contributed by atoms with Gasteiger partial charge in [-0.3, -0.25) is 14.8 Å². The number of H-pyrrole nitrogens is 1. The molecule has 10 heteroatoms. The minimum absolute atomic E-state index is 0.0420. The van der Waals surface area contributed by atoms with E-state index in [-0.39, 0.29) is 17.8 Å². The number of amides is 1. The molecule has 3 aromatic carbocycles. The zero-order valence-corrected chi connectivity index (χ0v) is 21.6. The van der Waals surface area contributed by atoms with E-state index in [1.54, 1.807) is 12.1 Å². The maximum Gasteiger partial charge on any atom is 0.251 e. The molecule has 0 spiro atoms. The van der Waals surface area contributed by atoms with E-state index in [9.17, 15) is 9.18 Å². The lowest BCUT2D eigenvalue weighted by Crippen LogP contribution is -2.47. The van der Waals surface area contributed by atoms with Crippen LogP contribution in [0.4, 0.5) is 4.39 Å². The van der Waals surface area contributed by atoms with Gasteiger partial charge in [-0.1, -0.05) is 19.1 Å². The van der Waals surface area contributed by atoms with Crippen LogP contribution in [-0.4, -0.2) is 57.1 Å². The molecule has 1 aliphatic rings. The van der Waals surface area contributed by atoms with E-state index >= 15 is 0 Å². The summed E-state index contributed by atoms with van der Waals surface area (Å²) in [6.45, 7) is 4.48. The first-order valence-corrected chi connectivity index (χ1v) is 13.2. The molecule has 6 rings (SSSR count). The number of hydrogen-bond donors (Lipinski definition) is 2. The summed E-state index contributed by atoms with van der Waals surface area (Å²) in [6.07, 6.45) is 2.63. The summed E-state index contributed by atoms with van der Waals surface area (Å²) < 4.78 is 25.3. The third kappa shape index (κ3) is 5.20. The van der Waals surface area contributed by atoms with Crippen LogP contribution in [0.25, 0.3) is 33.2 Å². The van der Waals surface area contributed by atoms with Crippen molar-refractivity contribution in [1.82, 2.24) is 30.7 Å². The van der Waals surface area contributed by atoms with Crippen molar-refractivity contribution in [2.24, 2.45) is 0 Å². The summed E-state index contributed by atoms with van der Waals surface area (Å²) >= 11 is 0. The average Bonchev–Trinajstić information content (AvgIpc) is 3.60. The first-order chi connectivity index (χ1) is 19.1. The van der Waals surface area contributed by atoms with Crippen molar-refractivity contribution in [3.63, 3.8) is 0 Å². The molecule has 0 bridgehead atoms. The number of likely N-dealkylation sites (tertiary alicyclic amines) is 1. The molecular weight excluding hydrogens is 499 g/mol. The van der Waals surface area contributed by atoms with Gasteiger partial charge in [0.05, 0.1) is 12.1 Å². The number of aromatic nitrogens is 4. The largest absolute Gasteiger partial charge is 0.493 e. The molecule has 1 aliphatic heterocycles. The van der Waals surface area contributed by atoms with Gasteiger partial charge in [0.25, 0.3) is 5.91 Å². The van der Waals surface area contributed by atoms with Gasteiger partial charge in [-0.05, 0) is 78.6 Å². The molecule has 1 amide bonds. The SMILES string of the molecule is CCCOc1cccc(F)c1CN1CCC[C@@H](NC(=O)c2ccc3[nH]nc(-c4ccc5nonc5c4)c3c2)C1. The number of halogens is 1. The van der Waals surface area contributed by atoms with E-state index in [0.717, 1.165) is 48.0 Å². The minimum atomic E-state index is -0.266. The minimum Gasteiger partial charge on any atom is -0.493 e. The Morgan fingerprint density at radius 3 is 2.97 bits per heavy atom. The fraction of sp³-hybridized carbons (Fsp3) is 0.310. The number of hydrogen-bond acceptors (Lipinski definition) is 7. The Balaban J connectivity index is 1.17. The average molecular weight is 529 g/mol. The number of aromatic amines is 1. The third-order valence-corrected chi connectivity index (χ3v) is 7.11. The second-order valence-corrected chi connectivity index (χ2v) is 9.91. The van der Waals surface area contributed by atoms with Crippen LogP contribution in [0, 0.1) is 5.82 Å². The highest BCUT2D eigenvalue weighted by Crippen LogP contribution is 2.29. The van der Waals surface area contributed by atoms with E-state index in [1.165, 1.54) is 6.07 Å². The predicted molar refractivity (Wildman–Crippen MR) is 145 cm³/mol. The van der Waals surface area contributed by atoms with Crippen molar-refractivity contribution in [2.75, 3.05) is 19.7 Å². The molecule has 9 nitrogen and oxygen atoms in total. The molecule has 39 heavy (non-hydrogen) atoms. The van der Waals surface area contributed by atoms with E-state index in [1.807, 2.05) is 43.3 Å². The summed E-state index contributed by atoms with van der Waals surface area (Å²) in [7, 11) is 0. The number of carbonyl (C=O) groups excluding carboxylic acids is 1. The number of fused-ring (bicyclic) bond motifs is 2. The summed E-state index contributed by atoms with van der Waals surface area (Å²) in [6, 6.07) is 16.0. The van der Waals surface area contributed by atoms with Crippen LogP contribution in [0.1, 0.15) is 42.1 Å². The number of benzene rings is 3. The van der Waals surface area contributed by atoms with Crippen molar-refractivity contribution in [1.29, 1.82) is 0 Å². The summed E-state index contributed by atoms with van der Waals surface area (Å²) in [5, 5.41) is 19.3. The summed E-state index contributed by atoms with van der Waals surface area (Å²) in [4.78, 5) is 15.5. The van der Waals surface area contributed by atoms with Crippen LogP contribution in [0.2, 0.25) is 0 Å². The molecule has 2 aromatic heterocycles. The molecule has 0 aliphatic carbocycles. The number of piperidine rings is 1. The number of ether oxygens (including phenoxy) is 1. The highest BCUT2D eigenvalue weighted by atomic mass is 19.1. The second kappa shape index (κ2) is 10.8. The Morgan fingerprint density at radius 1 is 1.18 bits per heavy atom. The zero-order chi connectivity index (χ0) is 26.8. The number of nitrogens with one attached hydrogen (secondary N) is 2. The van der Waals surface area contributed by atoms with Gasteiger partial charge in [-0.15, -0.1) is 0 Å². The standard InChI is InChI=1S/C29H29FN6O3/c1-2-13-38-27-7-3-6-23(30)22(27)17-36-12-4-5-20(16-36)31-29(37)19-9-10-24-21(14-19)28(33-32-24)18-8-11-25-26(15-18)35-39-34-25/h3,6-11,14-15,20H,2,4-5,12-13,16-17H2,1H3,(H,31,37)(H,32,33)/t20-/m1/s1. The van der Waals surface area contributed by atoms with Crippen molar-refractivity contribution in [3.8, 4) is 17.0 Å². The molecule has 1 fully saturated rings. The van der Waals surface area contributed by atoms with Gasteiger partial charge >= 0.3 is 0 Å². The molecule has 2 N–H and O–H groups in total. The quantitative estimate of drug-likeness (QED) is 0.289. The fourth-order valence-electron chi connectivity index (χ4n) is 5.15. The lowest BCUT2D eigenvalue weighted by Gasteiger charge is -2.33. The van der Waals surface area contributed by atoms with E-state index < -0.39 is 0 Å². The van der Waals surface area contributed by atoms with Crippen molar-refractivity contribution >= 4 is 27.8 Å². The molecule has 200 valence electrons. The molecule has 1 saturated heterocycles. The lowest BCUT2D eigenvalue weighted by molar-refractivity contribution is 0.0899. The fourth-order valence-corrected chi connectivity index (χ4v) is 5.15. The van der Waals surface area contributed by atoms with Gasteiger partial charge in [0.1, 0.15) is 28.3 Å². The Labute approximate surface area is 224 Å². The number of rotatable bonds is 8. The molecular formula is C29H29FN6O3. The highest BCUT2D eigenvalue weighted by Gasteiger charge is 2.24. The van der Waals surface area contributed by atoms with Crippen LogP contribution in [0.5, 0.6) is 5.75 Å². The Hall–Kier alpha value is -4.31. The highest BCUT2D eigenvalue weighted by molar-refractivity contribution is 6.02. The smallest absolute Gasteiger partial charge is 0.251 e. The second-order valence-electron chi connectivity index (χ2n) is 9.91. The maximum absolute atomic E-state index is 14.7. The van der Waals surface area contributed by atoms with Gasteiger partial charge in [-0.2, -0.15) is 5.10 Å². The van der Waals surface area contributed by atoms with Gasteiger partial charge in [-0.25, -0.2) is 9.02 Å². The summed E-state index contributed by atoms with van der Waals surface area (Å²) in [5.74, 6) is 0.175. The van der Waals surface area contributed by atoms with E-state index in [0.29, 0.717) is 47.6 Å². The van der Waals surface area contributed by atoms with Crippen molar-refractivity contribution in [3.05, 3.63) is 71.5 Å². The third-order valence-electron chi connectivity index (χ3n) is 7.11. The Morgan fingerprint density at radius 2 is 2.08 bits per heavy atom. The molecule has 1 atom stereocenters. The van der Waals surface area contributed by atoms with Gasteiger partial charge in [0.2, 0.25) is 0 Å². The van der Waals surface area contributed by atoms with E-state index in [2.05, 4.69) is 30.7 Å². The topological polar surface area (TPSA) is 109 Å². The first kappa shape index (κ1) is 25.0. The van der Waals surface area contributed by atoms with Gasteiger partial charge < -0.3 is 10.1 Å². The van der Waals surface area contributed by atoms with Gasteiger partial charge in [0.15, 0.2) is 0 Å². The van der Waals surface area contributed by atoms with Crippen LogP contribution in [0.15, 0.2) is 59.2 Å². The molecule has 0 unspecified atom stereocenters. The van der Waals surface area contributed by atoms with Crippen molar-refractivity contribution < 1.29 is 18.6 Å². The predicted octanol–water partition coefficient (Wildman–Crippen LogP) is 5.09. The van der Waals surface area contributed by atoms with E-state index in [4.69, 9.17) is 9.37 Å². The van der Waals surface area contributed by atoms with Crippen LogP contribution < -0.4 is 10.1 Å². The lowest BCUT2D eigenvalue weighted by atomic mass is 10.0. The van der Waals surface area contributed by atoms with Crippen LogP contribution in [-0.2, 0) is 6.54 Å². The number of carbonyl (C=O) groups is 1. The maximum atomic E-state index is 14.7. The monoisotopic (exact) mass is 528 g/mol.